The summed E-state index contributed by atoms with van der Waals surface area (Å²) in [6.45, 7) is 2.44. The Morgan fingerprint density at radius 3 is 2.38 bits per heavy atom. The third-order valence-electron chi connectivity index (χ3n) is 5.13. The molecule has 13 heteroatoms. The van der Waals surface area contributed by atoms with Crippen molar-refractivity contribution in [2.24, 2.45) is 0 Å². The van der Waals surface area contributed by atoms with Crippen LogP contribution in [0.5, 0.6) is 0 Å². The quantitative estimate of drug-likeness (QED) is 0.462. The predicted molar refractivity (Wildman–Crippen MR) is 131 cm³/mol. The van der Waals surface area contributed by atoms with Crippen molar-refractivity contribution in [1.82, 2.24) is 18.8 Å². The molecule has 0 saturated carbocycles. The van der Waals surface area contributed by atoms with E-state index in [9.17, 15) is 18.5 Å². The number of hydrogen-bond acceptors (Lipinski definition) is 8. The van der Waals surface area contributed by atoms with Crippen LogP contribution in [0.4, 0.5) is 0 Å². The largest absolute Gasteiger partial charge is 0.335 e. The first-order valence-corrected chi connectivity index (χ1v) is 13.7. The van der Waals surface area contributed by atoms with E-state index in [0.29, 0.717) is 30.4 Å². The summed E-state index contributed by atoms with van der Waals surface area (Å²) < 4.78 is 32.3. The lowest BCUT2D eigenvalue weighted by molar-refractivity contribution is 0.0701. The molecule has 1 aromatic heterocycles. The van der Waals surface area contributed by atoms with Crippen LogP contribution in [-0.2, 0) is 10.0 Å². The Kier molecular flexibility index (Phi) is 7.47. The molecule has 0 radical (unpaired) electrons. The van der Waals surface area contributed by atoms with Crippen molar-refractivity contribution >= 4 is 62.4 Å². The SMILES string of the molecule is Cc1nnsc1C(=O)N1CCN(S(=O)(=O)c2cc(C#N)ccc2Sc2cc(Cl)cc(Cl)c2)CC1. The minimum absolute atomic E-state index is 0.0231. The number of nitriles is 1. The van der Waals surface area contributed by atoms with Gasteiger partial charge in [0.1, 0.15) is 4.88 Å². The summed E-state index contributed by atoms with van der Waals surface area (Å²) in [6, 6.07) is 11.5. The summed E-state index contributed by atoms with van der Waals surface area (Å²) in [6.07, 6.45) is 0. The van der Waals surface area contributed by atoms with Crippen LogP contribution in [0.25, 0.3) is 0 Å². The number of aromatic nitrogens is 2. The fourth-order valence-electron chi connectivity index (χ4n) is 3.42. The van der Waals surface area contributed by atoms with E-state index < -0.39 is 10.0 Å². The fraction of sp³-hybridized carbons (Fsp3) is 0.238. The van der Waals surface area contributed by atoms with Crippen molar-refractivity contribution in [1.29, 1.82) is 5.26 Å². The molecule has 1 amide bonds. The summed E-state index contributed by atoms with van der Waals surface area (Å²) in [5.41, 5.74) is 0.787. The Morgan fingerprint density at radius 2 is 1.79 bits per heavy atom. The zero-order valence-electron chi connectivity index (χ0n) is 17.7. The normalized spacial score (nSPS) is 14.7. The number of aryl methyl sites for hydroxylation is 1. The molecule has 4 rings (SSSR count). The first-order valence-electron chi connectivity index (χ1n) is 9.95. The van der Waals surface area contributed by atoms with Gasteiger partial charge in [0.15, 0.2) is 0 Å². The molecule has 0 N–H and O–H groups in total. The van der Waals surface area contributed by atoms with Crippen LogP contribution in [-0.4, -0.2) is 59.3 Å². The Labute approximate surface area is 215 Å². The molecule has 8 nitrogen and oxygen atoms in total. The maximum absolute atomic E-state index is 13.6. The molecule has 0 bridgehead atoms. The van der Waals surface area contributed by atoms with Gasteiger partial charge in [0.05, 0.1) is 22.2 Å². The van der Waals surface area contributed by atoms with Gasteiger partial charge in [-0.05, 0) is 54.9 Å². The molecular formula is C21H17Cl2N5O3S3. The average Bonchev–Trinajstić information content (AvgIpc) is 3.24. The molecule has 176 valence electrons. The average molecular weight is 555 g/mol. The summed E-state index contributed by atoms with van der Waals surface area (Å²) >= 11 is 14.4. The zero-order chi connectivity index (χ0) is 24.5. The molecule has 2 aromatic carbocycles. The minimum Gasteiger partial charge on any atom is -0.335 e. The lowest BCUT2D eigenvalue weighted by Crippen LogP contribution is -2.50. The van der Waals surface area contributed by atoms with Gasteiger partial charge in [-0.3, -0.25) is 4.79 Å². The number of sulfonamides is 1. The van der Waals surface area contributed by atoms with E-state index >= 15 is 0 Å². The Morgan fingerprint density at radius 1 is 1.12 bits per heavy atom. The molecule has 3 aromatic rings. The zero-order valence-corrected chi connectivity index (χ0v) is 21.7. The van der Waals surface area contributed by atoms with Crippen molar-refractivity contribution in [2.75, 3.05) is 26.2 Å². The van der Waals surface area contributed by atoms with Crippen molar-refractivity contribution < 1.29 is 13.2 Å². The molecule has 2 heterocycles. The van der Waals surface area contributed by atoms with Gasteiger partial charge in [0.2, 0.25) is 10.0 Å². The van der Waals surface area contributed by atoms with E-state index in [-0.39, 0.29) is 42.5 Å². The van der Waals surface area contributed by atoms with Crippen LogP contribution in [0, 0.1) is 18.3 Å². The van der Waals surface area contributed by atoms with Crippen LogP contribution >= 0.6 is 46.5 Å². The van der Waals surface area contributed by atoms with Crippen LogP contribution in [0.1, 0.15) is 20.9 Å². The number of piperazine rings is 1. The van der Waals surface area contributed by atoms with Gasteiger partial charge in [-0.25, -0.2) is 8.42 Å². The molecule has 1 saturated heterocycles. The van der Waals surface area contributed by atoms with Crippen molar-refractivity contribution in [2.45, 2.75) is 21.6 Å². The number of carbonyl (C=O) groups is 1. The number of rotatable bonds is 5. The molecule has 1 fully saturated rings. The number of benzene rings is 2. The number of amides is 1. The van der Waals surface area contributed by atoms with Gasteiger partial charge < -0.3 is 4.90 Å². The minimum atomic E-state index is -3.94. The number of hydrogen-bond donors (Lipinski definition) is 0. The van der Waals surface area contributed by atoms with Crippen molar-refractivity contribution in [3.8, 4) is 6.07 Å². The van der Waals surface area contributed by atoms with Crippen molar-refractivity contribution in [3.63, 3.8) is 0 Å². The summed E-state index contributed by atoms with van der Waals surface area (Å²) in [7, 11) is -3.94. The maximum atomic E-state index is 13.6. The van der Waals surface area contributed by atoms with Crippen LogP contribution in [0.2, 0.25) is 10.0 Å². The Bertz CT molecular complexity index is 1380. The van der Waals surface area contributed by atoms with Gasteiger partial charge in [-0.1, -0.05) is 39.5 Å². The molecular weight excluding hydrogens is 537 g/mol. The first kappa shape index (κ1) is 24.9. The molecule has 0 unspecified atom stereocenters. The van der Waals surface area contributed by atoms with E-state index in [1.165, 1.54) is 22.1 Å². The van der Waals surface area contributed by atoms with E-state index in [1.54, 1.807) is 42.2 Å². The Balaban J connectivity index is 1.59. The van der Waals surface area contributed by atoms with Crippen molar-refractivity contribution in [3.05, 3.63) is 62.6 Å². The molecule has 34 heavy (non-hydrogen) atoms. The standard InChI is InChI=1S/C21H17Cl2N5O3S3/c1-13-20(33-26-25-13)21(29)27-4-6-28(7-5-27)34(30,31)19-8-14(12-24)2-3-18(19)32-17-10-15(22)9-16(23)11-17/h2-3,8-11H,4-7H2,1H3. The monoisotopic (exact) mass is 553 g/mol. The van der Waals surface area contributed by atoms with Crippen LogP contribution in [0.3, 0.4) is 0 Å². The first-order chi connectivity index (χ1) is 16.2. The van der Waals surface area contributed by atoms with E-state index in [0.717, 1.165) is 11.5 Å². The third kappa shape index (κ3) is 5.22. The summed E-state index contributed by atoms with van der Waals surface area (Å²) in [5.74, 6) is -0.204. The van der Waals surface area contributed by atoms with Crippen LogP contribution < -0.4 is 0 Å². The topological polar surface area (TPSA) is 107 Å². The second-order valence-electron chi connectivity index (χ2n) is 7.36. The predicted octanol–water partition coefficient (Wildman–Crippen LogP) is 4.32. The van der Waals surface area contributed by atoms with Crippen LogP contribution in [0.15, 0.2) is 51.1 Å². The highest BCUT2D eigenvalue weighted by atomic mass is 35.5. The lowest BCUT2D eigenvalue weighted by Gasteiger charge is -2.34. The number of carbonyl (C=O) groups excluding carboxylic acids is 1. The molecule has 1 aliphatic rings. The summed E-state index contributed by atoms with van der Waals surface area (Å²) in [4.78, 5) is 15.9. The molecule has 0 spiro atoms. The van der Waals surface area contributed by atoms with E-state index in [4.69, 9.17) is 23.2 Å². The molecule has 0 atom stereocenters. The molecule has 1 aliphatic heterocycles. The highest BCUT2D eigenvalue weighted by molar-refractivity contribution is 8.00. The van der Waals surface area contributed by atoms with E-state index in [1.807, 2.05) is 6.07 Å². The lowest BCUT2D eigenvalue weighted by atomic mass is 10.2. The second-order valence-corrected chi connectivity index (χ2v) is 12.0. The van der Waals surface area contributed by atoms with Gasteiger partial charge in [0.25, 0.3) is 5.91 Å². The maximum Gasteiger partial charge on any atom is 0.267 e. The Hall–Kier alpha value is -2.20. The number of halogens is 2. The highest BCUT2D eigenvalue weighted by Gasteiger charge is 2.33. The fourth-order valence-corrected chi connectivity index (χ4v) is 7.58. The number of nitrogens with zero attached hydrogens (tertiary/aromatic N) is 5. The molecule has 0 aliphatic carbocycles. The summed E-state index contributed by atoms with van der Waals surface area (Å²) in [5, 5.41) is 14.1. The second kappa shape index (κ2) is 10.2. The third-order valence-corrected chi connectivity index (χ3v) is 9.49. The van der Waals surface area contributed by atoms with Gasteiger partial charge in [0, 0.05) is 46.0 Å². The smallest absolute Gasteiger partial charge is 0.267 e. The highest BCUT2D eigenvalue weighted by Crippen LogP contribution is 2.37. The van der Waals surface area contributed by atoms with Gasteiger partial charge in [-0.15, -0.1) is 5.10 Å². The van der Waals surface area contributed by atoms with Gasteiger partial charge >= 0.3 is 0 Å². The van der Waals surface area contributed by atoms with E-state index in [2.05, 4.69) is 9.59 Å². The van der Waals surface area contributed by atoms with Gasteiger partial charge in [-0.2, -0.15) is 9.57 Å².